The van der Waals surface area contributed by atoms with E-state index < -0.39 is 0 Å². The molecule has 0 fully saturated rings. The van der Waals surface area contributed by atoms with E-state index in [9.17, 15) is 0 Å². The van der Waals surface area contributed by atoms with Crippen LogP contribution >= 0.6 is 11.3 Å². The first-order valence-corrected chi connectivity index (χ1v) is 10.1. The number of hydrogen-bond donors (Lipinski definition) is 1. The Morgan fingerprint density at radius 3 is 2.00 bits per heavy atom. The molecule has 0 aliphatic heterocycles. The maximum atomic E-state index is 5.29. The summed E-state index contributed by atoms with van der Waals surface area (Å²) in [6, 6.07) is 16.2. The Balaban J connectivity index is 1.88. The number of hydrogen-bond acceptors (Lipinski definition) is 6. The molecule has 0 aliphatic rings. The van der Waals surface area contributed by atoms with Gasteiger partial charge in [0.25, 0.3) is 0 Å². The smallest absolute Gasteiger partial charge is 0.124 e. The molecule has 28 heavy (non-hydrogen) atoms. The summed E-state index contributed by atoms with van der Waals surface area (Å²) in [5.74, 6) is 1.70. The number of methoxy groups -OCH3 is 2. The molecule has 1 N–H and O–H groups in total. The molecule has 3 aromatic rings. The zero-order valence-corrected chi connectivity index (χ0v) is 17.7. The molecule has 3 rings (SSSR count). The van der Waals surface area contributed by atoms with Gasteiger partial charge in [-0.2, -0.15) is 0 Å². The monoisotopic (exact) mass is 397 g/mol. The van der Waals surface area contributed by atoms with E-state index >= 15 is 0 Å². The first-order chi connectivity index (χ1) is 13.6. The molecule has 0 radical (unpaired) electrons. The van der Waals surface area contributed by atoms with Crippen LogP contribution in [0.3, 0.4) is 0 Å². The highest BCUT2D eigenvalue weighted by molar-refractivity contribution is 7.18. The molecular formula is C22H27N3O2S. The van der Waals surface area contributed by atoms with Crippen molar-refractivity contribution in [1.29, 1.82) is 0 Å². The van der Waals surface area contributed by atoms with Crippen LogP contribution in [-0.2, 0) is 6.54 Å². The van der Waals surface area contributed by atoms with Gasteiger partial charge < -0.3 is 19.7 Å². The second-order valence-electron chi connectivity index (χ2n) is 6.73. The average molecular weight is 398 g/mol. The summed E-state index contributed by atoms with van der Waals surface area (Å²) in [5, 5.41) is 4.52. The van der Waals surface area contributed by atoms with Gasteiger partial charge in [0.1, 0.15) is 16.5 Å². The number of nitrogens with one attached hydrogen (secondary N) is 1. The molecule has 0 amide bonds. The van der Waals surface area contributed by atoms with Gasteiger partial charge in [0.15, 0.2) is 0 Å². The third-order valence-electron chi connectivity index (χ3n) is 4.41. The van der Waals surface area contributed by atoms with Gasteiger partial charge in [-0.1, -0.05) is 0 Å². The Bertz CT molecular complexity index is 874. The van der Waals surface area contributed by atoms with Gasteiger partial charge in [0.2, 0.25) is 0 Å². The van der Waals surface area contributed by atoms with E-state index in [1.165, 1.54) is 4.88 Å². The van der Waals surface area contributed by atoms with Gasteiger partial charge in [-0.3, -0.25) is 0 Å². The van der Waals surface area contributed by atoms with Crippen LogP contribution in [-0.4, -0.2) is 51.3 Å². The van der Waals surface area contributed by atoms with Crippen LogP contribution in [0.1, 0.15) is 5.69 Å². The van der Waals surface area contributed by atoms with Crippen LogP contribution in [0, 0.1) is 0 Å². The van der Waals surface area contributed by atoms with Crippen molar-refractivity contribution in [2.75, 3.05) is 41.4 Å². The minimum atomic E-state index is 0.738. The van der Waals surface area contributed by atoms with Gasteiger partial charge in [-0.15, -0.1) is 11.3 Å². The summed E-state index contributed by atoms with van der Waals surface area (Å²) in [7, 11) is 7.52. The lowest BCUT2D eigenvalue weighted by Gasteiger charge is -2.10. The quantitative estimate of drug-likeness (QED) is 0.550. The van der Waals surface area contributed by atoms with Crippen LogP contribution in [0.4, 0.5) is 0 Å². The van der Waals surface area contributed by atoms with Crippen molar-refractivity contribution >= 4 is 11.3 Å². The van der Waals surface area contributed by atoms with E-state index in [2.05, 4.69) is 48.6 Å². The molecule has 2 aromatic carbocycles. The molecule has 1 aromatic heterocycles. The van der Waals surface area contributed by atoms with E-state index in [0.717, 1.165) is 53.0 Å². The summed E-state index contributed by atoms with van der Waals surface area (Å²) >= 11 is 1.71. The van der Waals surface area contributed by atoms with E-state index in [1.54, 1.807) is 25.6 Å². The van der Waals surface area contributed by atoms with Crippen molar-refractivity contribution in [2.24, 2.45) is 0 Å². The van der Waals surface area contributed by atoms with Gasteiger partial charge in [0.05, 0.1) is 24.8 Å². The van der Waals surface area contributed by atoms with Crippen molar-refractivity contribution in [1.82, 2.24) is 15.2 Å². The normalized spacial score (nSPS) is 11.0. The van der Waals surface area contributed by atoms with Gasteiger partial charge in [0, 0.05) is 25.2 Å². The molecule has 0 saturated carbocycles. The van der Waals surface area contributed by atoms with Crippen LogP contribution in [0.15, 0.2) is 48.5 Å². The van der Waals surface area contributed by atoms with Crippen LogP contribution < -0.4 is 14.8 Å². The van der Waals surface area contributed by atoms with Crippen LogP contribution in [0.25, 0.3) is 21.0 Å². The van der Waals surface area contributed by atoms with E-state index in [4.69, 9.17) is 14.5 Å². The molecular weight excluding hydrogens is 370 g/mol. The maximum absolute atomic E-state index is 5.29. The summed E-state index contributed by atoms with van der Waals surface area (Å²) < 4.78 is 10.6. The van der Waals surface area contributed by atoms with E-state index in [1.807, 2.05) is 24.3 Å². The summed E-state index contributed by atoms with van der Waals surface area (Å²) in [6.45, 7) is 2.65. The Morgan fingerprint density at radius 2 is 1.46 bits per heavy atom. The minimum absolute atomic E-state index is 0.738. The van der Waals surface area contributed by atoms with Crippen molar-refractivity contribution in [3.8, 4) is 32.5 Å². The standard InChI is InChI=1S/C22H27N3O2S/c1-25(2)14-13-23-15-20-21(16-5-9-18(26-3)10-6-16)28-22(24-20)17-7-11-19(27-4)12-8-17/h5-12,23H,13-15H2,1-4H3. The van der Waals surface area contributed by atoms with Crippen molar-refractivity contribution in [3.05, 3.63) is 54.2 Å². The Labute approximate surface area is 170 Å². The fourth-order valence-electron chi connectivity index (χ4n) is 2.81. The molecule has 0 saturated heterocycles. The lowest BCUT2D eigenvalue weighted by Crippen LogP contribution is -2.26. The number of nitrogens with zero attached hydrogens (tertiary/aromatic N) is 2. The van der Waals surface area contributed by atoms with E-state index in [-0.39, 0.29) is 0 Å². The average Bonchev–Trinajstić information content (AvgIpc) is 3.15. The molecule has 5 nitrogen and oxygen atoms in total. The highest BCUT2D eigenvalue weighted by Crippen LogP contribution is 2.36. The lowest BCUT2D eigenvalue weighted by molar-refractivity contribution is 0.399. The first kappa shape index (κ1) is 20.3. The highest BCUT2D eigenvalue weighted by atomic mass is 32.1. The Morgan fingerprint density at radius 1 is 0.893 bits per heavy atom. The first-order valence-electron chi connectivity index (χ1n) is 9.24. The molecule has 0 spiro atoms. The van der Waals surface area contributed by atoms with Crippen molar-refractivity contribution in [2.45, 2.75) is 6.54 Å². The number of rotatable bonds is 9. The van der Waals surface area contributed by atoms with Crippen molar-refractivity contribution < 1.29 is 9.47 Å². The topological polar surface area (TPSA) is 46.6 Å². The fraction of sp³-hybridized carbons (Fsp3) is 0.318. The molecule has 0 aliphatic carbocycles. The van der Waals surface area contributed by atoms with Crippen LogP contribution in [0.5, 0.6) is 11.5 Å². The minimum Gasteiger partial charge on any atom is -0.497 e. The predicted molar refractivity (Wildman–Crippen MR) is 116 cm³/mol. The largest absolute Gasteiger partial charge is 0.497 e. The summed E-state index contributed by atoms with van der Waals surface area (Å²) in [5.41, 5.74) is 3.32. The predicted octanol–water partition coefficient (Wildman–Crippen LogP) is 4.15. The van der Waals surface area contributed by atoms with Gasteiger partial charge in [-0.05, 0) is 68.2 Å². The zero-order valence-electron chi connectivity index (χ0n) is 16.9. The van der Waals surface area contributed by atoms with E-state index in [0.29, 0.717) is 0 Å². The third kappa shape index (κ3) is 5.10. The lowest BCUT2D eigenvalue weighted by atomic mass is 10.1. The number of likely N-dealkylation sites (N-methyl/N-ethyl adjacent to an activating group) is 1. The Kier molecular flexibility index (Phi) is 7.03. The number of thiazole rings is 1. The molecule has 148 valence electrons. The van der Waals surface area contributed by atoms with Crippen LogP contribution in [0.2, 0.25) is 0 Å². The molecule has 0 bridgehead atoms. The summed E-state index contributed by atoms with van der Waals surface area (Å²) in [4.78, 5) is 8.30. The fourth-order valence-corrected chi connectivity index (χ4v) is 3.90. The van der Waals surface area contributed by atoms with Gasteiger partial charge in [-0.25, -0.2) is 4.98 Å². The number of aromatic nitrogens is 1. The molecule has 0 unspecified atom stereocenters. The van der Waals surface area contributed by atoms with Gasteiger partial charge >= 0.3 is 0 Å². The number of ether oxygens (including phenoxy) is 2. The third-order valence-corrected chi connectivity index (χ3v) is 5.61. The van der Waals surface area contributed by atoms with Crippen molar-refractivity contribution in [3.63, 3.8) is 0 Å². The molecule has 0 atom stereocenters. The number of benzene rings is 2. The molecule has 6 heteroatoms. The molecule has 1 heterocycles. The maximum Gasteiger partial charge on any atom is 0.124 e. The summed E-state index contributed by atoms with van der Waals surface area (Å²) in [6.07, 6.45) is 0. The highest BCUT2D eigenvalue weighted by Gasteiger charge is 2.14. The second-order valence-corrected chi connectivity index (χ2v) is 7.73. The Hall–Kier alpha value is -2.41. The second kappa shape index (κ2) is 9.68. The SMILES string of the molecule is COc1ccc(-c2nc(CNCCN(C)C)c(-c3ccc(OC)cc3)s2)cc1. The zero-order chi connectivity index (χ0) is 19.9.